The van der Waals surface area contributed by atoms with Gasteiger partial charge in [0, 0.05) is 25.8 Å². The summed E-state index contributed by atoms with van der Waals surface area (Å²) >= 11 is 1.41. The quantitative estimate of drug-likeness (QED) is 0.520. The summed E-state index contributed by atoms with van der Waals surface area (Å²) in [5.74, 6) is -0.187. The Kier molecular flexibility index (Phi) is 9.10. The third-order valence-corrected chi connectivity index (χ3v) is 6.65. The van der Waals surface area contributed by atoms with Crippen LogP contribution in [0.5, 0.6) is 0 Å². The first-order valence-electron chi connectivity index (χ1n) is 11.4. The molecule has 1 aliphatic carbocycles. The monoisotopic (exact) mass is 442 g/mol. The highest BCUT2D eigenvalue weighted by atomic mass is 32.1. The van der Waals surface area contributed by atoms with E-state index >= 15 is 0 Å². The van der Waals surface area contributed by atoms with E-state index in [9.17, 15) is 9.59 Å². The number of carbonyl (C=O) groups is 2. The number of aryl methyl sites for hydroxylation is 1. The van der Waals surface area contributed by atoms with E-state index in [1.54, 1.807) is 4.90 Å². The standard InChI is InChI=1S/C25H34N2O3S/c1-3-30-17-8-16-27(25(29)22-11-7-18-31-22)23(20-14-12-19(2)13-15-20)24(28)26-21-9-5-4-6-10-21/h7,11-15,18,21,23H,3-6,8-10,16-17H2,1-2H3,(H,26,28). The molecular formula is C25H34N2O3S. The van der Waals surface area contributed by atoms with Gasteiger partial charge in [0.05, 0.1) is 4.88 Å². The maximum absolute atomic E-state index is 13.6. The van der Waals surface area contributed by atoms with Gasteiger partial charge in [0.15, 0.2) is 0 Å². The summed E-state index contributed by atoms with van der Waals surface area (Å²) in [6.07, 6.45) is 6.22. The van der Waals surface area contributed by atoms with Crippen LogP contribution in [0, 0.1) is 6.92 Å². The van der Waals surface area contributed by atoms with Gasteiger partial charge in [-0.15, -0.1) is 11.3 Å². The predicted molar refractivity (Wildman–Crippen MR) is 125 cm³/mol. The van der Waals surface area contributed by atoms with Crippen molar-refractivity contribution in [3.05, 3.63) is 57.8 Å². The minimum absolute atomic E-state index is 0.0860. The highest BCUT2D eigenvalue weighted by Crippen LogP contribution is 2.27. The van der Waals surface area contributed by atoms with E-state index in [4.69, 9.17) is 4.74 Å². The molecule has 0 radical (unpaired) electrons. The Hall–Kier alpha value is -2.18. The molecule has 0 aliphatic heterocycles. The maximum atomic E-state index is 13.6. The second kappa shape index (κ2) is 12.0. The number of hydrogen-bond acceptors (Lipinski definition) is 4. The van der Waals surface area contributed by atoms with Crippen LogP contribution in [-0.2, 0) is 9.53 Å². The molecular weight excluding hydrogens is 408 g/mol. The van der Waals surface area contributed by atoms with Crippen molar-refractivity contribution in [2.75, 3.05) is 19.8 Å². The SMILES string of the molecule is CCOCCCN(C(=O)c1cccs1)C(C(=O)NC1CCCCC1)c1ccc(C)cc1. The number of hydrogen-bond donors (Lipinski definition) is 1. The number of rotatable bonds is 10. The molecule has 1 atom stereocenters. The van der Waals surface area contributed by atoms with Crippen LogP contribution in [0.4, 0.5) is 0 Å². The Morgan fingerprint density at radius 2 is 1.90 bits per heavy atom. The fourth-order valence-electron chi connectivity index (χ4n) is 4.12. The van der Waals surface area contributed by atoms with E-state index in [2.05, 4.69) is 5.32 Å². The lowest BCUT2D eigenvalue weighted by atomic mass is 9.94. The molecule has 1 N–H and O–H groups in total. The average Bonchev–Trinajstić information content (AvgIpc) is 3.32. The van der Waals surface area contributed by atoms with Gasteiger partial charge in [-0.05, 0) is 50.1 Å². The van der Waals surface area contributed by atoms with E-state index in [0.717, 1.165) is 36.8 Å². The van der Waals surface area contributed by atoms with Crippen LogP contribution in [0.3, 0.4) is 0 Å². The van der Waals surface area contributed by atoms with Crippen molar-refractivity contribution in [2.24, 2.45) is 0 Å². The second-order valence-electron chi connectivity index (χ2n) is 8.18. The Labute approximate surface area is 189 Å². The molecule has 3 rings (SSSR count). The number of benzene rings is 1. The molecule has 168 valence electrons. The highest BCUT2D eigenvalue weighted by molar-refractivity contribution is 7.12. The van der Waals surface area contributed by atoms with Gasteiger partial charge in [-0.2, -0.15) is 0 Å². The van der Waals surface area contributed by atoms with E-state index in [1.807, 2.05) is 55.6 Å². The van der Waals surface area contributed by atoms with Crippen LogP contribution >= 0.6 is 11.3 Å². The largest absolute Gasteiger partial charge is 0.382 e. The fourth-order valence-corrected chi connectivity index (χ4v) is 4.80. The smallest absolute Gasteiger partial charge is 0.264 e. The summed E-state index contributed by atoms with van der Waals surface area (Å²) in [4.78, 5) is 29.4. The van der Waals surface area contributed by atoms with Crippen molar-refractivity contribution < 1.29 is 14.3 Å². The van der Waals surface area contributed by atoms with Gasteiger partial charge >= 0.3 is 0 Å². The fraction of sp³-hybridized carbons (Fsp3) is 0.520. The van der Waals surface area contributed by atoms with Crippen molar-refractivity contribution in [1.82, 2.24) is 10.2 Å². The minimum atomic E-state index is -0.654. The van der Waals surface area contributed by atoms with Gasteiger partial charge < -0.3 is 15.0 Å². The van der Waals surface area contributed by atoms with Crippen LogP contribution in [0.15, 0.2) is 41.8 Å². The molecule has 2 amide bonds. The summed E-state index contributed by atoms with van der Waals surface area (Å²) in [7, 11) is 0. The van der Waals surface area contributed by atoms with E-state index in [-0.39, 0.29) is 17.9 Å². The number of amides is 2. The van der Waals surface area contributed by atoms with Gasteiger partial charge in [0.2, 0.25) is 5.91 Å². The summed E-state index contributed by atoms with van der Waals surface area (Å²) in [6.45, 7) is 5.66. The summed E-state index contributed by atoms with van der Waals surface area (Å²) in [6, 6.07) is 11.2. The highest BCUT2D eigenvalue weighted by Gasteiger charge is 2.33. The minimum Gasteiger partial charge on any atom is -0.382 e. The Morgan fingerprint density at radius 3 is 2.55 bits per heavy atom. The zero-order valence-corrected chi connectivity index (χ0v) is 19.5. The number of nitrogens with one attached hydrogen (secondary N) is 1. The zero-order valence-electron chi connectivity index (χ0n) is 18.6. The van der Waals surface area contributed by atoms with Crippen molar-refractivity contribution in [2.45, 2.75) is 64.5 Å². The van der Waals surface area contributed by atoms with Gasteiger partial charge in [-0.3, -0.25) is 9.59 Å². The first kappa shape index (κ1) is 23.5. The zero-order chi connectivity index (χ0) is 22.1. The molecule has 5 nitrogen and oxygen atoms in total. The molecule has 0 bridgehead atoms. The summed E-state index contributed by atoms with van der Waals surface area (Å²) in [5.41, 5.74) is 1.97. The van der Waals surface area contributed by atoms with E-state index in [1.165, 1.54) is 17.8 Å². The molecule has 1 saturated carbocycles. The van der Waals surface area contributed by atoms with Crippen molar-refractivity contribution in [1.29, 1.82) is 0 Å². The maximum Gasteiger partial charge on any atom is 0.264 e. The van der Waals surface area contributed by atoms with Gasteiger partial charge in [0.1, 0.15) is 6.04 Å². The van der Waals surface area contributed by atoms with Crippen LogP contribution in [-0.4, -0.2) is 42.5 Å². The first-order valence-corrected chi connectivity index (χ1v) is 12.3. The molecule has 1 unspecified atom stereocenters. The lowest BCUT2D eigenvalue weighted by Gasteiger charge is -2.33. The lowest BCUT2D eigenvalue weighted by molar-refractivity contribution is -0.127. The van der Waals surface area contributed by atoms with Gasteiger partial charge in [-0.1, -0.05) is 55.2 Å². The van der Waals surface area contributed by atoms with Crippen molar-refractivity contribution in [3.8, 4) is 0 Å². The number of nitrogens with zero attached hydrogens (tertiary/aromatic N) is 1. The number of carbonyl (C=O) groups excluding carboxylic acids is 2. The molecule has 1 aliphatic rings. The van der Waals surface area contributed by atoms with Crippen LogP contribution < -0.4 is 5.32 Å². The molecule has 1 aromatic heterocycles. The predicted octanol–water partition coefficient (Wildman–Crippen LogP) is 5.12. The third-order valence-electron chi connectivity index (χ3n) is 5.79. The van der Waals surface area contributed by atoms with Crippen LogP contribution in [0.25, 0.3) is 0 Å². The molecule has 0 saturated heterocycles. The van der Waals surface area contributed by atoms with Crippen molar-refractivity contribution in [3.63, 3.8) is 0 Å². The van der Waals surface area contributed by atoms with E-state index < -0.39 is 6.04 Å². The molecule has 31 heavy (non-hydrogen) atoms. The Balaban J connectivity index is 1.89. The second-order valence-corrected chi connectivity index (χ2v) is 9.13. The lowest BCUT2D eigenvalue weighted by Crippen LogP contribution is -2.47. The Morgan fingerprint density at radius 1 is 1.16 bits per heavy atom. The number of thiophene rings is 1. The van der Waals surface area contributed by atoms with Crippen LogP contribution in [0.2, 0.25) is 0 Å². The third kappa shape index (κ3) is 6.65. The van der Waals surface area contributed by atoms with Crippen molar-refractivity contribution >= 4 is 23.2 Å². The number of ether oxygens (including phenoxy) is 1. The molecule has 1 heterocycles. The normalized spacial score (nSPS) is 15.4. The van der Waals surface area contributed by atoms with E-state index in [0.29, 0.717) is 31.1 Å². The molecule has 6 heteroatoms. The summed E-state index contributed by atoms with van der Waals surface area (Å²) < 4.78 is 5.50. The molecule has 1 fully saturated rings. The van der Waals surface area contributed by atoms with Crippen LogP contribution in [0.1, 0.15) is 72.3 Å². The average molecular weight is 443 g/mol. The molecule has 2 aromatic rings. The molecule has 0 spiro atoms. The van der Waals surface area contributed by atoms with Gasteiger partial charge in [-0.25, -0.2) is 0 Å². The molecule has 1 aromatic carbocycles. The summed E-state index contributed by atoms with van der Waals surface area (Å²) in [5, 5.41) is 5.15. The van der Waals surface area contributed by atoms with Gasteiger partial charge in [0.25, 0.3) is 5.91 Å². The first-order chi connectivity index (χ1) is 15.1. The topological polar surface area (TPSA) is 58.6 Å². The Bertz CT molecular complexity index is 814.